The minimum absolute atomic E-state index is 0.127. The fourth-order valence-corrected chi connectivity index (χ4v) is 1.52. The minimum Gasteiger partial charge on any atom is -0.367 e. The molecule has 15 heavy (non-hydrogen) atoms. The van der Waals surface area contributed by atoms with Gasteiger partial charge < -0.3 is 4.18 Å². The first-order valence-corrected chi connectivity index (χ1v) is 5.38. The molecule has 1 amide bonds. The van der Waals surface area contributed by atoms with Gasteiger partial charge in [0, 0.05) is 0 Å². The second-order valence-electron chi connectivity index (χ2n) is 2.52. The van der Waals surface area contributed by atoms with Crippen LogP contribution in [0.15, 0.2) is 43.0 Å². The lowest BCUT2D eigenvalue weighted by Crippen LogP contribution is -2.32. The molecular weight excluding hydrogens is 218 g/mol. The molecule has 5 nitrogen and oxygen atoms in total. The molecule has 0 heterocycles. The van der Waals surface area contributed by atoms with E-state index in [0.29, 0.717) is 0 Å². The molecule has 1 N–H and O–H groups in total. The number of nitrogens with one attached hydrogen (secondary N) is 1. The Morgan fingerprint density at radius 2 is 1.93 bits per heavy atom. The Kier molecular flexibility index (Phi) is 3.46. The van der Waals surface area contributed by atoms with Crippen molar-refractivity contribution in [3.8, 4) is 5.75 Å². The predicted octanol–water partition coefficient (Wildman–Crippen LogP) is 0.612. The molecule has 0 saturated heterocycles. The number of benzene rings is 1. The highest BCUT2D eigenvalue weighted by atomic mass is 32.2. The second kappa shape index (κ2) is 4.61. The fourth-order valence-electron chi connectivity index (χ4n) is 0.788. The number of rotatable bonds is 4. The van der Waals surface area contributed by atoms with Crippen LogP contribution in [0.5, 0.6) is 5.75 Å². The summed E-state index contributed by atoms with van der Waals surface area (Å²) in [6.07, 6.45) is 0.839. The van der Waals surface area contributed by atoms with Crippen molar-refractivity contribution in [2.24, 2.45) is 0 Å². The number of carbonyl (C=O) groups excluding carboxylic acids is 1. The van der Waals surface area contributed by atoms with E-state index in [1.54, 1.807) is 22.9 Å². The van der Waals surface area contributed by atoms with Crippen molar-refractivity contribution in [2.75, 3.05) is 0 Å². The predicted molar refractivity (Wildman–Crippen MR) is 54.3 cm³/mol. The fraction of sp³-hybridized carbons (Fsp3) is 0. The van der Waals surface area contributed by atoms with E-state index in [9.17, 15) is 13.2 Å². The average Bonchev–Trinajstić information content (AvgIpc) is 2.17. The summed E-state index contributed by atoms with van der Waals surface area (Å²) in [6.45, 7) is 3.12. The van der Waals surface area contributed by atoms with E-state index in [1.807, 2.05) is 0 Å². The maximum absolute atomic E-state index is 11.2. The van der Waals surface area contributed by atoms with Crippen LogP contribution in [0.25, 0.3) is 0 Å². The third-order valence-corrected chi connectivity index (χ3v) is 2.22. The highest BCUT2D eigenvalue weighted by Crippen LogP contribution is 2.10. The van der Waals surface area contributed by atoms with Gasteiger partial charge in [0.25, 0.3) is 5.91 Å². The van der Waals surface area contributed by atoms with E-state index in [4.69, 9.17) is 0 Å². The minimum atomic E-state index is -4.12. The van der Waals surface area contributed by atoms with Gasteiger partial charge in [-0.05, 0) is 18.2 Å². The summed E-state index contributed by atoms with van der Waals surface area (Å²) < 4.78 is 28.5. The van der Waals surface area contributed by atoms with Gasteiger partial charge >= 0.3 is 10.3 Å². The van der Waals surface area contributed by atoms with Gasteiger partial charge in [0.1, 0.15) is 5.75 Å². The van der Waals surface area contributed by atoms with Crippen molar-refractivity contribution in [1.82, 2.24) is 4.72 Å². The summed E-state index contributed by atoms with van der Waals surface area (Å²) in [5, 5.41) is 0. The highest BCUT2D eigenvalue weighted by molar-refractivity contribution is 7.85. The molecule has 0 aliphatic carbocycles. The van der Waals surface area contributed by atoms with Crippen molar-refractivity contribution in [2.45, 2.75) is 0 Å². The summed E-state index contributed by atoms with van der Waals surface area (Å²) >= 11 is 0. The molecule has 1 rings (SSSR count). The van der Waals surface area contributed by atoms with Crippen LogP contribution in [0.1, 0.15) is 0 Å². The first-order valence-electron chi connectivity index (χ1n) is 3.97. The van der Waals surface area contributed by atoms with Gasteiger partial charge in [0.15, 0.2) is 0 Å². The highest BCUT2D eigenvalue weighted by Gasteiger charge is 2.13. The number of carbonyl (C=O) groups is 1. The Hall–Kier alpha value is -1.82. The maximum atomic E-state index is 11.2. The molecular formula is C9H9NO4S. The van der Waals surface area contributed by atoms with Crippen LogP contribution in [0.2, 0.25) is 0 Å². The molecule has 0 aromatic heterocycles. The lowest BCUT2D eigenvalue weighted by molar-refractivity contribution is -0.114. The van der Waals surface area contributed by atoms with Crippen LogP contribution in [0, 0.1) is 0 Å². The van der Waals surface area contributed by atoms with Gasteiger partial charge in [-0.25, -0.2) is 4.72 Å². The Morgan fingerprint density at radius 1 is 1.33 bits per heavy atom. The van der Waals surface area contributed by atoms with Crippen molar-refractivity contribution >= 4 is 16.2 Å². The number of para-hydroxylation sites is 1. The molecule has 0 aliphatic rings. The molecule has 0 unspecified atom stereocenters. The van der Waals surface area contributed by atoms with Crippen molar-refractivity contribution in [3.63, 3.8) is 0 Å². The first kappa shape index (κ1) is 11.3. The quantitative estimate of drug-likeness (QED) is 0.765. The topological polar surface area (TPSA) is 72.5 Å². The van der Waals surface area contributed by atoms with Gasteiger partial charge in [-0.2, -0.15) is 8.42 Å². The zero-order chi connectivity index (χ0) is 11.3. The van der Waals surface area contributed by atoms with Gasteiger partial charge in [-0.15, -0.1) is 0 Å². The van der Waals surface area contributed by atoms with Crippen LogP contribution in [-0.4, -0.2) is 14.3 Å². The van der Waals surface area contributed by atoms with Crippen LogP contribution in [0.4, 0.5) is 0 Å². The standard InChI is InChI=1S/C9H9NO4S/c1-2-9(11)10-15(12,13)14-8-6-4-3-5-7-8/h2-7H,1H2,(H,10,11). The molecule has 1 aromatic rings. The molecule has 0 fully saturated rings. The van der Waals surface area contributed by atoms with E-state index in [-0.39, 0.29) is 5.75 Å². The molecule has 0 saturated carbocycles. The summed E-state index contributed by atoms with van der Waals surface area (Å²) in [5.41, 5.74) is 0. The third kappa shape index (κ3) is 3.82. The largest absolute Gasteiger partial charge is 0.409 e. The van der Waals surface area contributed by atoms with Gasteiger partial charge in [0.2, 0.25) is 0 Å². The Labute approximate surface area is 87.6 Å². The molecule has 0 spiro atoms. The zero-order valence-corrected chi connectivity index (χ0v) is 8.53. The van der Waals surface area contributed by atoms with Crippen molar-refractivity contribution in [3.05, 3.63) is 43.0 Å². The molecule has 0 atom stereocenters. The molecule has 0 radical (unpaired) electrons. The van der Waals surface area contributed by atoms with E-state index < -0.39 is 16.2 Å². The summed E-state index contributed by atoms with van der Waals surface area (Å²) in [7, 11) is -4.12. The van der Waals surface area contributed by atoms with E-state index in [2.05, 4.69) is 10.8 Å². The van der Waals surface area contributed by atoms with E-state index in [1.165, 1.54) is 12.1 Å². The molecule has 6 heteroatoms. The van der Waals surface area contributed by atoms with Gasteiger partial charge in [0.05, 0.1) is 0 Å². The lowest BCUT2D eigenvalue weighted by Gasteiger charge is -2.05. The van der Waals surface area contributed by atoms with E-state index in [0.717, 1.165) is 6.08 Å². The normalized spacial score (nSPS) is 10.4. The van der Waals surface area contributed by atoms with Crippen LogP contribution >= 0.6 is 0 Å². The summed E-state index contributed by atoms with van der Waals surface area (Å²) in [6, 6.07) is 7.84. The number of amides is 1. The lowest BCUT2D eigenvalue weighted by atomic mass is 10.3. The molecule has 0 aliphatic heterocycles. The third-order valence-electron chi connectivity index (χ3n) is 1.36. The molecule has 80 valence electrons. The number of hydrogen-bond acceptors (Lipinski definition) is 4. The molecule has 1 aromatic carbocycles. The van der Waals surface area contributed by atoms with Crippen molar-refractivity contribution < 1.29 is 17.4 Å². The Bertz CT molecular complexity index is 452. The smallest absolute Gasteiger partial charge is 0.367 e. The summed E-state index contributed by atoms with van der Waals surface area (Å²) in [4.78, 5) is 10.7. The summed E-state index contributed by atoms with van der Waals surface area (Å²) in [5.74, 6) is -0.715. The van der Waals surface area contributed by atoms with Gasteiger partial charge in [-0.1, -0.05) is 24.8 Å². The van der Waals surface area contributed by atoms with Gasteiger partial charge in [-0.3, -0.25) is 4.79 Å². The first-order chi connectivity index (χ1) is 7.03. The van der Waals surface area contributed by atoms with Crippen LogP contribution < -0.4 is 8.91 Å². The van der Waals surface area contributed by atoms with Crippen LogP contribution in [-0.2, 0) is 15.1 Å². The maximum Gasteiger partial charge on any atom is 0.409 e. The monoisotopic (exact) mass is 227 g/mol. The SMILES string of the molecule is C=CC(=O)NS(=O)(=O)Oc1ccccc1. The van der Waals surface area contributed by atoms with E-state index >= 15 is 0 Å². The van der Waals surface area contributed by atoms with Crippen molar-refractivity contribution in [1.29, 1.82) is 0 Å². The second-order valence-corrected chi connectivity index (χ2v) is 3.80. The Morgan fingerprint density at radius 3 is 2.47 bits per heavy atom. The van der Waals surface area contributed by atoms with Crippen LogP contribution in [0.3, 0.4) is 0 Å². The Balaban J connectivity index is 2.73. The molecule has 0 bridgehead atoms. The zero-order valence-electron chi connectivity index (χ0n) is 7.71. The average molecular weight is 227 g/mol. The number of hydrogen-bond donors (Lipinski definition) is 1.